The number of rotatable bonds is 7. The fourth-order valence-corrected chi connectivity index (χ4v) is 4.01. The second-order valence-corrected chi connectivity index (χ2v) is 7.38. The molecule has 0 amide bonds. The second kappa shape index (κ2) is 7.50. The molecule has 0 radical (unpaired) electrons. The molecule has 1 aromatic heterocycles. The lowest BCUT2D eigenvalue weighted by molar-refractivity contribution is -0.386. The Balaban J connectivity index is 2.10. The van der Waals surface area contributed by atoms with Crippen LogP contribution >= 0.6 is 0 Å². The van der Waals surface area contributed by atoms with Crippen molar-refractivity contribution in [2.45, 2.75) is 11.4 Å². The van der Waals surface area contributed by atoms with Crippen molar-refractivity contribution < 1.29 is 22.5 Å². The van der Waals surface area contributed by atoms with Crippen LogP contribution in [-0.2, 0) is 16.6 Å². The van der Waals surface area contributed by atoms with Gasteiger partial charge in [0.2, 0.25) is 0 Å². The zero-order valence-electron chi connectivity index (χ0n) is 14.3. The number of benzene rings is 2. The Hall–Kier alpha value is -3.33. The van der Waals surface area contributed by atoms with Gasteiger partial charge in [0.1, 0.15) is 5.76 Å². The highest BCUT2D eigenvalue weighted by molar-refractivity contribution is 7.92. The van der Waals surface area contributed by atoms with E-state index in [0.29, 0.717) is 11.4 Å². The van der Waals surface area contributed by atoms with E-state index in [1.807, 2.05) is 0 Å². The predicted molar refractivity (Wildman–Crippen MR) is 98.2 cm³/mol. The minimum Gasteiger partial charge on any atom is -0.490 e. The lowest BCUT2D eigenvalue weighted by Crippen LogP contribution is -2.30. The molecule has 27 heavy (non-hydrogen) atoms. The number of furan rings is 1. The third-order valence-corrected chi connectivity index (χ3v) is 5.63. The summed E-state index contributed by atoms with van der Waals surface area (Å²) < 4.78 is 37.9. The Morgan fingerprint density at radius 2 is 1.85 bits per heavy atom. The summed E-state index contributed by atoms with van der Waals surface area (Å²) in [6.07, 6.45) is 1.45. The minimum absolute atomic E-state index is 0.0174. The molecule has 0 atom stereocenters. The van der Waals surface area contributed by atoms with Gasteiger partial charge in [-0.2, -0.15) is 0 Å². The Bertz CT molecular complexity index is 1030. The summed E-state index contributed by atoms with van der Waals surface area (Å²) in [5, 5.41) is 11.3. The Labute approximate surface area is 155 Å². The molecule has 0 aliphatic rings. The standard InChI is InChI=1S/C18H16N2O6S/c1-25-18-10-9-16(12-17(18)20(21)22)27(23,24)19(13-15-8-5-11-26-15)14-6-3-2-4-7-14/h2-12H,13H2,1H3. The van der Waals surface area contributed by atoms with E-state index >= 15 is 0 Å². The van der Waals surface area contributed by atoms with E-state index in [0.717, 1.165) is 10.4 Å². The first-order valence-corrected chi connectivity index (χ1v) is 9.30. The summed E-state index contributed by atoms with van der Waals surface area (Å²) in [6.45, 7) is -0.0564. The highest BCUT2D eigenvalue weighted by Gasteiger charge is 2.29. The van der Waals surface area contributed by atoms with Gasteiger partial charge in [0.05, 0.1) is 35.4 Å². The van der Waals surface area contributed by atoms with Gasteiger partial charge in [-0.05, 0) is 36.4 Å². The van der Waals surface area contributed by atoms with Gasteiger partial charge in [0.25, 0.3) is 10.0 Å². The van der Waals surface area contributed by atoms with Gasteiger partial charge >= 0.3 is 5.69 Å². The van der Waals surface area contributed by atoms with Gasteiger partial charge in [-0.15, -0.1) is 0 Å². The number of anilines is 1. The molecule has 3 aromatic rings. The van der Waals surface area contributed by atoms with Crippen molar-refractivity contribution in [2.24, 2.45) is 0 Å². The number of nitro groups is 1. The predicted octanol–water partition coefficient (Wildman–Crippen LogP) is 3.59. The van der Waals surface area contributed by atoms with Gasteiger partial charge < -0.3 is 9.15 Å². The molecule has 0 saturated heterocycles. The van der Waals surface area contributed by atoms with Crippen LogP contribution in [0.3, 0.4) is 0 Å². The minimum atomic E-state index is -4.10. The lowest BCUT2D eigenvalue weighted by Gasteiger charge is -2.23. The number of ether oxygens (including phenoxy) is 1. The van der Waals surface area contributed by atoms with Gasteiger partial charge in [-0.1, -0.05) is 18.2 Å². The quantitative estimate of drug-likeness (QED) is 0.453. The molecule has 140 valence electrons. The molecule has 8 nitrogen and oxygen atoms in total. The van der Waals surface area contributed by atoms with Crippen LogP contribution in [0.4, 0.5) is 11.4 Å². The van der Waals surface area contributed by atoms with E-state index in [4.69, 9.17) is 9.15 Å². The van der Waals surface area contributed by atoms with Gasteiger partial charge in [-0.3, -0.25) is 14.4 Å². The first-order valence-electron chi connectivity index (χ1n) is 7.86. The van der Waals surface area contributed by atoms with E-state index < -0.39 is 20.6 Å². The molecule has 3 rings (SSSR count). The Morgan fingerprint density at radius 1 is 1.11 bits per heavy atom. The van der Waals surface area contributed by atoms with E-state index in [1.165, 1.54) is 25.5 Å². The van der Waals surface area contributed by atoms with Crippen LogP contribution in [0.1, 0.15) is 5.76 Å². The summed E-state index contributed by atoms with van der Waals surface area (Å²) in [5.74, 6) is 0.418. The van der Waals surface area contributed by atoms with Crippen LogP contribution in [-0.4, -0.2) is 20.5 Å². The molecule has 9 heteroatoms. The number of hydrogen-bond donors (Lipinski definition) is 0. The van der Waals surface area contributed by atoms with E-state index in [1.54, 1.807) is 42.5 Å². The molecule has 0 unspecified atom stereocenters. The first kappa shape index (κ1) is 18.5. The van der Waals surface area contributed by atoms with Crippen molar-refractivity contribution in [2.75, 3.05) is 11.4 Å². The van der Waals surface area contributed by atoms with E-state index in [-0.39, 0.29) is 17.2 Å². The smallest absolute Gasteiger partial charge is 0.312 e. The number of nitrogens with zero attached hydrogens (tertiary/aromatic N) is 2. The summed E-state index contributed by atoms with van der Waals surface area (Å²) in [6, 6.07) is 15.3. The summed E-state index contributed by atoms with van der Waals surface area (Å²) in [4.78, 5) is 10.4. The molecule has 0 aliphatic carbocycles. The largest absolute Gasteiger partial charge is 0.490 e. The first-order chi connectivity index (χ1) is 12.9. The molecular weight excluding hydrogens is 372 g/mol. The van der Waals surface area contributed by atoms with Crippen LogP contribution in [0.15, 0.2) is 76.2 Å². The van der Waals surface area contributed by atoms with Gasteiger partial charge in [-0.25, -0.2) is 8.42 Å². The molecule has 2 aromatic carbocycles. The topological polar surface area (TPSA) is 103 Å². The monoisotopic (exact) mass is 388 g/mol. The van der Waals surface area contributed by atoms with Crippen LogP contribution in [0.25, 0.3) is 0 Å². The number of nitro benzene ring substituents is 1. The third-order valence-electron chi connectivity index (χ3n) is 3.86. The van der Waals surface area contributed by atoms with Crippen molar-refractivity contribution in [3.63, 3.8) is 0 Å². The zero-order chi connectivity index (χ0) is 19.4. The average molecular weight is 388 g/mol. The fourth-order valence-electron chi connectivity index (χ4n) is 2.55. The maximum absolute atomic E-state index is 13.3. The fraction of sp³-hybridized carbons (Fsp3) is 0.111. The Kier molecular flexibility index (Phi) is 5.13. The maximum atomic E-state index is 13.3. The molecular formula is C18H16N2O6S. The third kappa shape index (κ3) is 3.77. The van der Waals surface area contributed by atoms with Crippen LogP contribution in [0, 0.1) is 10.1 Å². The molecule has 0 saturated carbocycles. The summed E-state index contributed by atoms with van der Waals surface area (Å²) >= 11 is 0. The molecule has 0 fully saturated rings. The number of sulfonamides is 1. The van der Waals surface area contributed by atoms with Crippen LogP contribution in [0.5, 0.6) is 5.75 Å². The van der Waals surface area contributed by atoms with Crippen molar-refractivity contribution in [1.29, 1.82) is 0 Å². The lowest BCUT2D eigenvalue weighted by atomic mass is 10.3. The normalized spacial score (nSPS) is 11.1. The molecule has 0 aliphatic heterocycles. The zero-order valence-corrected chi connectivity index (χ0v) is 15.1. The van der Waals surface area contributed by atoms with Crippen molar-refractivity contribution in [3.05, 3.63) is 82.8 Å². The molecule has 0 spiro atoms. The van der Waals surface area contributed by atoms with Crippen LogP contribution in [0.2, 0.25) is 0 Å². The SMILES string of the molecule is COc1ccc(S(=O)(=O)N(Cc2ccco2)c2ccccc2)cc1[N+](=O)[O-]. The van der Waals surface area contributed by atoms with Crippen LogP contribution < -0.4 is 9.04 Å². The van der Waals surface area contributed by atoms with Gasteiger partial charge in [0.15, 0.2) is 5.75 Å². The molecule has 0 bridgehead atoms. The highest BCUT2D eigenvalue weighted by atomic mass is 32.2. The maximum Gasteiger partial charge on any atom is 0.312 e. The average Bonchev–Trinajstić information content (AvgIpc) is 3.19. The van der Waals surface area contributed by atoms with Crippen molar-refractivity contribution in [3.8, 4) is 5.75 Å². The summed E-state index contributed by atoms with van der Waals surface area (Å²) in [5.41, 5.74) is -0.0167. The van der Waals surface area contributed by atoms with E-state index in [2.05, 4.69) is 0 Å². The number of hydrogen-bond acceptors (Lipinski definition) is 6. The highest BCUT2D eigenvalue weighted by Crippen LogP contribution is 2.32. The second-order valence-electron chi connectivity index (χ2n) is 5.52. The Morgan fingerprint density at radius 3 is 2.44 bits per heavy atom. The number of methoxy groups -OCH3 is 1. The molecule has 1 heterocycles. The number of para-hydroxylation sites is 1. The van der Waals surface area contributed by atoms with Crippen molar-refractivity contribution >= 4 is 21.4 Å². The van der Waals surface area contributed by atoms with Gasteiger partial charge in [0, 0.05) is 6.07 Å². The molecule has 0 N–H and O–H groups in total. The summed E-state index contributed by atoms with van der Waals surface area (Å²) in [7, 11) is -2.82. The van der Waals surface area contributed by atoms with E-state index in [9.17, 15) is 18.5 Å². The van der Waals surface area contributed by atoms with Crippen molar-refractivity contribution in [1.82, 2.24) is 0 Å².